The largest absolute Gasteiger partial charge is 0.478 e. The highest BCUT2D eigenvalue weighted by Crippen LogP contribution is 2.54. The number of rotatable bonds is 7. The van der Waals surface area contributed by atoms with Crippen LogP contribution in [0.15, 0.2) is 156 Å². The number of aromatic carboxylic acids is 1. The number of allylic oxidation sites excluding steroid dienone is 10. The van der Waals surface area contributed by atoms with Crippen molar-refractivity contribution in [3.8, 4) is 0 Å². The Morgan fingerprint density at radius 1 is 0.633 bits per heavy atom. The van der Waals surface area contributed by atoms with Crippen LogP contribution in [0.3, 0.4) is 0 Å². The summed E-state index contributed by atoms with van der Waals surface area (Å²) in [6.07, 6.45) is 14.8. The van der Waals surface area contributed by atoms with Gasteiger partial charge in [-0.25, -0.2) is 9.59 Å². The maximum absolute atomic E-state index is 12.1. The summed E-state index contributed by atoms with van der Waals surface area (Å²) in [6.45, 7) is 1.27. The molecule has 4 aromatic rings. The lowest BCUT2D eigenvalue weighted by molar-refractivity contribution is 0.0599. The third-order valence-corrected chi connectivity index (χ3v) is 9.66. The van der Waals surface area contributed by atoms with Crippen LogP contribution in [0.2, 0.25) is 0 Å². The summed E-state index contributed by atoms with van der Waals surface area (Å²) in [5.41, 5.74) is 15.0. The topological polar surface area (TPSA) is 70.1 Å². The molecule has 49 heavy (non-hydrogen) atoms. The van der Waals surface area contributed by atoms with E-state index in [0.29, 0.717) is 18.7 Å². The minimum Gasteiger partial charge on any atom is -0.478 e. The number of para-hydroxylation sites is 2. The number of methoxy groups -OCH3 is 1. The molecule has 1 N–H and O–H groups in total. The van der Waals surface area contributed by atoms with E-state index in [9.17, 15) is 14.7 Å². The number of carboxylic acids is 1. The lowest BCUT2D eigenvalue weighted by Gasteiger charge is -2.42. The molecule has 0 saturated heterocycles. The third-order valence-electron chi connectivity index (χ3n) is 9.66. The Morgan fingerprint density at radius 2 is 1.08 bits per heavy atom. The monoisotopic (exact) mass is 642 g/mol. The van der Waals surface area contributed by atoms with Gasteiger partial charge in [-0.3, -0.25) is 0 Å². The van der Waals surface area contributed by atoms with Crippen LogP contribution in [0.4, 0.5) is 11.4 Å². The van der Waals surface area contributed by atoms with Gasteiger partial charge in [0.25, 0.3) is 0 Å². The summed E-state index contributed by atoms with van der Waals surface area (Å²) in [5, 5.41) is 9.45. The molecule has 8 rings (SSSR count). The fourth-order valence-electron chi connectivity index (χ4n) is 7.39. The standard InChI is InChI=1S/C43H34N2O4/c1-49-43(48)31-24-20-29(21-25-31)27-45-38-16-8-4-12-34(38)41(35-13-5-9-17-39(35)45)40-32-10-2-6-14-36(32)44(37-15-7-3-11-33(37)40)26-28-18-22-30(23-19-28)42(46)47/h2-10,12,14-25H,11,13,26-27H2,1H3,(H,46,47). The highest BCUT2D eigenvalue weighted by molar-refractivity contribution is 6.16. The van der Waals surface area contributed by atoms with Crippen molar-refractivity contribution in [2.45, 2.75) is 25.9 Å². The number of hydrogen-bond acceptors (Lipinski definition) is 5. The van der Waals surface area contributed by atoms with Crippen molar-refractivity contribution in [3.63, 3.8) is 0 Å². The first-order valence-corrected chi connectivity index (χ1v) is 16.5. The lowest BCUT2D eigenvalue weighted by Crippen LogP contribution is -2.31. The Kier molecular flexibility index (Phi) is 7.69. The van der Waals surface area contributed by atoms with E-state index < -0.39 is 5.97 Å². The number of carboxylic acid groups (broad SMARTS) is 1. The molecule has 0 unspecified atom stereocenters. The lowest BCUT2D eigenvalue weighted by atomic mass is 9.76. The molecular formula is C43H34N2O4. The van der Waals surface area contributed by atoms with Crippen molar-refractivity contribution in [3.05, 3.63) is 189 Å². The zero-order chi connectivity index (χ0) is 33.5. The number of hydrogen-bond donors (Lipinski definition) is 1. The van der Waals surface area contributed by atoms with E-state index in [0.717, 1.165) is 41.0 Å². The van der Waals surface area contributed by atoms with Gasteiger partial charge >= 0.3 is 11.9 Å². The first-order valence-electron chi connectivity index (χ1n) is 16.5. The summed E-state index contributed by atoms with van der Waals surface area (Å²) < 4.78 is 4.92. The molecule has 2 aliphatic carbocycles. The molecule has 0 spiro atoms. The quantitative estimate of drug-likeness (QED) is 0.203. The van der Waals surface area contributed by atoms with E-state index in [-0.39, 0.29) is 11.5 Å². The molecule has 0 amide bonds. The van der Waals surface area contributed by atoms with Gasteiger partial charge in [-0.1, -0.05) is 85.0 Å². The summed E-state index contributed by atoms with van der Waals surface area (Å²) in [5.74, 6) is -1.26. The van der Waals surface area contributed by atoms with Crippen molar-refractivity contribution in [2.24, 2.45) is 0 Å². The predicted octanol–water partition coefficient (Wildman–Crippen LogP) is 9.11. The van der Waals surface area contributed by atoms with Gasteiger partial charge in [-0.05, 0) is 94.8 Å². The summed E-state index contributed by atoms with van der Waals surface area (Å²) >= 11 is 0. The molecule has 4 aliphatic rings. The average Bonchev–Trinajstić information content (AvgIpc) is 3.15. The molecule has 0 radical (unpaired) electrons. The second-order valence-corrected chi connectivity index (χ2v) is 12.5. The zero-order valence-corrected chi connectivity index (χ0v) is 27.1. The Morgan fingerprint density at radius 3 is 1.53 bits per heavy atom. The van der Waals surface area contributed by atoms with Crippen molar-refractivity contribution in [1.29, 1.82) is 0 Å². The summed E-state index contributed by atoms with van der Waals surface area (Å²) in [7, 11) is 1.40. The minimum absolute atomic E-state index is 0.285. The smallest absolute Gasteiger partial charge is 0.337 e. The maximum atomic E-state index is 12.1. The second-order valence-electron chi connectivity index (χ2n) is 12.5. The van der Waals surface area contributed by atoms with E-state index >= 15 is 0 Å². The number of carbonyl (C=O) groups excluding carboxylic acids is 1. The number of anilines is 2. The number of carbonyl (C=O) groups is 2. The zero-order valence-electron chi connectivity index (χ0n) is 27.1. The van der Waals surface area contributed by atoms with E-state index in [2.05, 4.69) is 94.8 Å². The first-order chi connectivity index (χ1) is 24.0. The van der Waals surface area contributed by atoms with Crippen LogP contribution in [0, 0.1) is 0 Å². The fourth-order valence-corrected chi connectivity index (χ4v) is 7.39. The average molecular weight is 643 g/mol. The molecule has 0 fully saturated rings. The van der Waals surface area contributed by atoms with Crippen LogP contribution < -0.4 is 9.80 Å². The normalized spacial score (nSPS) is 15.9. The number of fused-ring (bicyclic) bond motifs is 4. The van der Waals surface area contributed by atoms with Gasteiger partial charge in [0.1, 0.15) is 0 Å². The van der Waals surface area contributed by atoms with Crippen LogP contribution in [-0.2, 0) is 17.8 Å². The van der Waals surface area contributed by atoms with Crippen LogP contribution in [0.5, 0.6) is 0 Å². The van der Waals surface area contributed by atoms with Gasteiger partial charge in [0.15, 0.2) is 0 Å². The molecule has 2 heterocycles. The molecule has 4 aromatic carbocycles. The Hall–Kier alpha value is -6.14. The highest BCUT2D eigenvalue weighted by Gasteiger charge is 2.36. The van der Waals surface area contributed by atoms with Gasteiger partial charge in [0.2, 0.25) is 0 Å². The molecule has 0 saturated carbocycles. The minimum atomic E-state index is -0.923. The first kappa shape index (κ1) is 30.2. The molecule has 0 bridgehead atoms. The van der Waals surface area contributed by atoms with Gasteiger partial charge in [0, 0.05) is 47.0 Å². The predicted molar refractivity (Wildman–Crippen MR) is 194 cm³/mol. The number of ether oxygens (including phenoxy) is 1. The van der Waals surface area contributed by atoms with E-state index in [1.807, 2.05) is 36.4 Å². The van der Waals surface area contributed by atoms with Crippen molar-refractivity contribution in [2.75, 3.05) is 16.9 Å². The van der Waals surface area contributed by atoms with Crippen LogP contribution >= 0.6 is 0 Å². The van der Waals surface area contributed by atoms with Crippen LogP contribution in [-0.4, -0.2) is 24.2 Å². The van der Waals surface area contributed by atoms with Crippen molar-refractivity contribution in [1.82, 2.24) is 0 Å². The molecule has 6 nitrogen and oxygen atoms in total. The van der Waals surface area contributed by atoms with Crippen molar-refractivity contribution < 1.29 is 19.4 Å². The second kappa shape index (κ2) is 12.5. The van der Waals surface area contributed by atoms with Gasteiger partial charge in [0.05, 0.1) is 18.2 Å². The SMILES string of the molecule is COC(=O)c1ccc(CN2C3=CC=CCC3=C(C3=C4CC=CC=C4N(Cc4ccc(C(=O)O)cc4)c4ccccc43)c3ccccc32)cc1. The molecular weight excluding hydrogens is 608 g/mol. The highest BCUT2D eigenvalue weighted by atomic mass is 16.5. The Labute approximate surface area is 285 Å². The van der Waals surface area contributed by atoms with Gasteiger partial charge in [-0.15, -0.1) is 0 Å². The van der Waals surface area contributed by atoms with Gasteiger partial charge in [-0.2, -0.15) is 0 Å². The van der Waals surface area contributed by atoms with Crippen LogP contribution in [0.25, 0.3) is 11.1 Å². The number of nitrogens with zero attached hydrogens (tertiary/aromatic N) is 2. The van der Waals surface area contributed by atoms with Gasteiger partial charge < -0.3 is 19.6 Å². The fraction of sp³-hybridized carbons (Fsp3) is 0.116. The number of esters is 1. The van der Waals surface area contributed by atoms with Crippen LogP contribution in [0.1, 0.15) is 55.8 Å². The molecule has 0 atom stereocenters. The Balaban J connectivity index is 1.26. The number of benzene rings is 4. The van der Waals surface area contributed by atoms with Crippen molar-refractivity contribution >= 4 is 34.5 Å². The van der Waals surface area contributed by atoms with E-state index in [1.54, 1.807) is 12.1 Å². The molecule has 0 aromatic heterocycles. The Bertz CT molecular complexity index is 2200. The molecule has 6 heteroatoms. The third kappa shape index (κ3) is 5.32. The molecule has 240 valence electrons. The summed E-state index contributed by atoms with van der Waals surface area (Å²) in [4.78, 5) is 28.4. The molecule has 2 aliphatic heterocycles. The van der Waals surface area contributed by atoms with E-state index in [4.69, 9.17) is 4.74 Å². The van der Waals surface area contributed by atoms with E-state index in [1.165, 1.54) is 46.2 Å². The maximum Gasteiger partial charge on any atom is 0.337 e. The summed E-state index contributed by atoms with van der Waals surface area (Å²) in [6, 6.07) is 32.2.